The molecule has 0 aliphatic rings. The Morgan fingerprint density at radius 1 is 1.00 bits per heavy atom. The summed E-state index contributed by atoms with van der Waals surface area (Å²) >= 11 is 0. The molecule has 0 fully saturated rings. The topological polar surface area (TPSA) is 53.8 Å². The Balaban J connectivity index is 2.44. The fourth-order valence-corrected chi connectivity index (χ4v) is 2.01. The van der Waals surface area contributed by atoms with Gasteiger partial charge in [-0.2, -0.15) is 5.26 Å². The average Bonchev–Trinajstić information content (AvgIpc) is 2.48. The lowest BCUT2D eigenvalue weighted by Gasteiger charge is -2.09. The lowest BCUT2D eigenvalue weighted by Crippen LogP contribution is -2.04. The number of aromatic nitrogens is 1. The minimum Gasteiger partial charge on any atom is -0.289 e. The first kappa shape index (κ1) is 13.7. The maximum atomic E-state index is 12.6. The van der Waals surface area contributed by atoms with Gasteiger partial charge in [0, 0.05) is 23.5 Å². The highest BCUT2D eigenvalue weighted by Crippen LogP contribution is 2.23. The summed E-state index contributed by atoms with van der Waals surface area (Å²) in [7, 11) is 0. The summed E-state index contributed by atoms with van der Waals surface area (Å²) < 4.78 is 0. The van der Waals surface area contributed by atoms with E-state index < -0.39 is 0 Å². The van der Waals surface area contributed by atoms with Crippen molar-refractivity contribution in [1.29, 1.82) is 5.26 Å². The van der Waals surface area contributed by atoms with Crippen molar-refractivity contribution in [3.8, 4) is 6.07 Å². The lowest BCUT2D eigenvalue weighted by atomic mass is 9.93. The Morgan fingerprint density at radius 3 is 2.10 bits per heavy atom. The molecule has 0 unspecified atom stereocenters. The number of carbonyl (C=O) groups excluding carboxylic acids is 1. The number of nitrogens with zero attached hydrogens (tertiary/aromatic N) is 2. The van der Waals surface area contributed by atoms with E-state index >= 15 is 0 Å². The molecule has 0 aliphatic heterocycles. The fraction of sp³-hybridized carbons (Fsp3) is 0.118. The number of benzene rings is 1. The van der Waals surface area contributed by atoms with Gasteiger partial charge in [-0.15, -0.1) is 0 Å². The Morgan fingerprint density at radius 2 is 1.60 bits per heavy atom. The third kappa shape index (κ3) is 2.81. The molecule has 0 saturated heterocycles. The van der Waals surface area contributed by atoms with Crippen molar-refractivity contribution in [2.24, 2.45) is 0 Å². The minimum absolute atomic E-state index is 0.0410. The van der Waals surface area contributed by atoms with Gasteiger partial charge in [0.2, 0.25) is 0 Å². The van der Waals surface area contributed by atoms with Crippen molar-refractivity contribution in [1.82, 2.24) is 4.98 Å². The van der Waals surface area contributed by atoms with Crippen LogP contribution in [0.3, 0.4) is 0 Å². The second-order valence-corrected chi connectivity index (χ2v) is 4.63. The lowest BCUT2D eigenvalue weighted by molar-refractivity contribution is 0.105. The van der Waals surface area contributed by atoms with Crippen LogP contribution < -0.4 is 0 Å². The van der Waals surface area contributed by atoms with Crippen molar-refractivity contribution in [3.05, 3.63) is 71.1 Å². The van der Waals surface area contributed by atoms with Crippen LogP contribution >= 0.6 is 0 Å². The largest absolute Gasteiger partial charge is 0.289 e. The van der Waals surface area contributed by atoms with E-state index in [1.807, 2.05) is 32.0 Å². The molecule has 0 radical (unpaired) electrons. The van der Waals surface area contributed by atoms with E-state index in [9.17, 15) is 4.79 Å². The van der Waals surface area contributed by atoms with Crippen molar-refractivity contribution < 1.29 is 4.79 Å². The normalized spacial score (nSPS) is 9.65. The standard InChI is InChI=1S/C17H14N2O/c1-12(2)16(14-7-9-19-10-8-14)17(20)15-5-3-13(11-18)4-6-15/h3-10H,1-2H3. The number of pyridine rings is 1. The molecular weight excluding hydrogens is 248 g/mol. The Labute approximate surface area is 118 Å². The predicted molar refractivity (Wildman–Crippen MR) is 78.0 cm³/mol. The third-order valence-corrected chi connectivity index (χ3v) is 2.97. The van der Waals surface area contributed by atoms with Gasteiger partial charge in [0.25, 0.3) is 0 Å². The van der Waals surface area contributed by atoms with Gasteiger partial charge in [-0.1, -0.05) is 5.57 Å². The zero-order valence-corrected chi connectivity index (χ0v) is 11.4. The van der Waals surface area contributed by atoms with Crippen LogP contribution in [-0.4, -0.2) is 10.8 Å². The molecule has 0 aliphatic carbocycles. The van der Waals surface area contributed by atoms with Crippen molar-refractivity contribution >= 4 is 11.4 Å². The number of allylic oxidation sites excluding steroid dienone is 2. The highest BCUT2D eigenvalue weighted by atomic mass is 16.1. The molecule has 0 N–H and O–H groups in total. The van der Waals surface area contributed by atoms with Gasteiger partial charge in [0.1, 0.15) is 0 Å². The van der Waals surface area contributed by atoms with Crippen molar-refractivity contribution in [2.45, 2.75) is 13.8 Å². The molecule has 1 aromatic carbocycles. The summed E-state index contributed by atoms with van der Waals surface area (Å²) in [6.07, 6.45) is 3.34. The van der Waals surface area contributed by atoms with Gasteiger partial charge < -0.3 is 0 Å². The second kappa shape index (κ2) is 5.94. The number of ketones is 1. The molecule has 0 saturated carbocycles. The first-order chi connectivity index (χ1) is 9.63. The van der Waals surface area contributed by atoms with Crippen molar-refractivity contribution in [2.75, 3.05) is 0 Å². The molecule has 2 aromatic rings. The summed E-state index contributed by atoms with van der Waals surface area (Å²) in [4.78, 5) is 16.6. The highest BCUT2D eigenvalue weighted by molar-refractivity contribution is 6.29. The van der Waals surface area contributed by atoms with Crippen LogP contribution in [0, 0.1) is 11.3 Å². The molecule has 1 heterocycles. The van der Waals surface area contributed by atoms with E-state index in [1.54, 1.807) is 36.7 Å². The summed E-state index contributed by atoms with van der Waals surface area (Å²) in [6, 6.07) is 12.4. The van der Waals surface area contributed by atoms with Crippen LogP contribution in [0.5, 0.6) is 0 Å². The molecule has 20 heavy (non-hydrogen) atoms. The first-order valence-corrected chi connectivity index (χ1v) is 6.26. The van der Waals surface area contributed by atoms with Gasteiger partial charge in [-0.3, -0.25) is 9.78 Å². The van der Waals surface area contributed by atoms with E-state index in [0.29, 0.717) is 16.7 Å². The maximum absolute atomic E-state index is 12.6. The van der Waals surface area contributed by atoms with Gasteiger partial charge in [-0.25, -0.2) is 0 Å². The number of rotatable bonds is 3. The van der Waals surface area contributed by atoms with Crippen LogP contribution in [0.2, 0.25) is 0 Å². The zero-order chi connectivity index (χ0) is 14.5. The molecule has 0 amide bonds. The minimum atomic E-state index is -0.0410. The number of hydrogen-bond acceptors (Lipinski definition) is 3. The van der Waals surface area contributed by atoms with E-state index in [0.717, 1.165) is 11.1 Å². The van der Waals surface area contributed by atoms with Crippen LogP contribution in [-0.2, 0) is 0 Å². The maximum Gasteiger partial charge on any atom is 0.193 e. The van der Waals surface area contributed by atoms with Gasteiger partial charge in [0.15, 0.2) is 5.78 Å². The molecular formula is C17H14N2O. The van der Waals surface area contributed by atoms with Gasteiger partial charge >= 0.3 is 0 Å². The quantitative estimate of drug-likeness (QED) is 0.627. The molecule has 3 heteroatoms. The smallest absolute Gasteiger partial charge is 0.193 e. The van der Waals surface area contributed by atoms with E-state index in [2.05, 4.69) is 4.98 Å². The summed E-state index contributed by atoms with van der Waals surface area (Å²) in [5, 5.41) is 8.79. The highest BCUT2D eigenvalue weighted by Gasteiger charge is 2.15. The molecule has 0 spiro atoms. The Hall–Kier alpha value is -2.73. The predicted octanol–water partition coefficient (Wildman–Crippen LogP) is 3.63. The van der Waals surface area contributed by atoms with E-state index in [1.165, 1.54) is 0 Å². The van der Waals surface area contributed by atoms with Crippen LogP contribution in [0.25, 0.3) is 5.57 Å². The Kier molecular flexibility index (Phi) is 4.07. The molecule has 1 aromatic heterocycles. The molecule has 0 bridgehead atoms. The summed E-state index contributed by atoms with van der Waals surface area (Å²) in [5.74, 6) is -0.0410. The molecule has 98 valence electrons. The van der Waals surface area contributed by atoms with Crippen molar-refractivity contribution in [3.63, 3.8) is 0 Å². The molecule has 3 nitrogen and oxygen atoms in total. The summed E-state index contributed by atoms with van der Waals surface area (Å²) in [5.41, 5.74) is 3.61. The molecule has 2 rings (SSSR count). The number of nitriles is 1. The number of hydrogen-bond donors (Lipinski definition) is 0. The monoisotopic (exact) mass is 262 g/mol. The van der Waals surface area contributed by atoms with Gasteiger partial charge in [0.05, 0.1) is 11.6 Å². The van der Waals surface area contributed by atoms with Crippen LogP contribution in [0.1, 0.15) is 35.3 Å². The van der Waals surface area contributed by atoms with E-state index in [-0.39, 0.29) is 5.78 Å². The number of carbonyl (C=O) groups is 1. The van der Waals surface area contributed by atoms with Crippen LogP contribution in [0.15, 0.2) is 54.4 Å². The first-order valence-electron chi connectivity index (χ1n) is 6.26. The zero-order valence-electron chi connectivity index (χ0n) is 11.4. The van der Waals surface area contributed by atoms with E-state index in [4.69, 9.17) is 5.26 Å². The Bertz CT molecular complexity index is 688. The molecule has 0 atom stereocenters. The summed E-state index contributed by atoms with van der Waals surface area (Å²) in [6.45, 7) is 3.83. The fourth-order valence-electron chi connectivity index (χ4n) is 2.01. The third-order valence-electron chi connectivity index (χ3n) is 2.97. The SMILES string of the molecule is CC(C)=C(C(=O)c1ccc(C#N)cc1)c1ccncc1. The van der Waals surface area contributed by atoms with Gasteiger partial charge in [-0.05, 0) is 55.8 Å². The van der Waals surface area contributed by atoms with Crippen LogP contribution in [0.4, 0.5) is 0 Å². The average molecular weight is 262 g/mol. The number of Topliss-reactive ketones (excluding diaryl/α,β-unsaturated/α-hetero) is 1. The second-order valence-electron chi connectivity index (χ2n) is 4.63.